The predicted octanol–water partition coefficient (Wildman–Crippen LogP) is 2.22. The van der Waals surface area contributed by atoms with Gasteiger partial charge in [0.05, 0.1) is 5.69 Å². The molecule has 2 aliphatic rings. The average molecular weight is 364 g/mol. The van der Waals surface area contributed by atoms with Crippen molar-refractivity contribution in [3.8, 4) is 0 Å². The molecule has 1 saturated heterocycles. The van der Waals surface area contributed by atoms with Crippen LogP contribution in [0.15, 0.2) is 0 Å². The Hall–Kier alpha value is -1.96. The van der Waals surface area contributed by atoms with Crippen molar-refractivity contribution in [1.29, 1.82) is 0 Å². The number of nitrogens with one attached hydrogen (secondary N) is 3. The van der Waals surface area contributed by atoms with Crippen LogP contribution in [0.4, 0.5) is 9.93 Å². The second-order valence-electron chi connectivity index (χ2n) is 7.80. The molecule has 1 fully saturated rings. The smallest absolute Gasteiger partial charge is 0.322 e. The van der Waals surface area contributed by atoms with E-state index in [0.717, 1.165) is 25.0 Å². The summed E-state index contributed by atoms with van der Waals surface area (Å²) in [4.78, 5) is 41.1. The summed E-state index contributed by atoms with van der Waals surface area (Å²) in [6, 6.07) is -1.36. The fourth-order valence-electron chi connectivity index (χ4n) is 3.29. The van der Waals surface area contributed by atoms with E-state index >= 15 is 0 Å². The second kappa shape index (κ2) is 6.74. The van der Waals surface area contributed by atoms with Crippen molar-refractivity contribution in [3.63, 3.8) is 0 Å². The van der Waals surface area contributed by atoms with Gasteiger partial charge in [0.1, 0.15) is 6.04 Å². The Labute approximate surface area is 151 Å². The summed E-state index contributed by atoms with van der Waals surface area (Å²) in [6.45, 7) is 6.78. The first-order valence-corrected chi connectivity index (χ1v) is 9.44. The van der Waals surface area contributed by atoms with Crippen LogP contribution in [0.2, 0.25) is 0 Å². The van der Waals surface area contributed by atoms with Gasteiger partial charge in [-0.05, 0) is 37.0 Å². The van der Waals surface area contributed by atoms with Crippen LogP contribution in [0.5, 0.6) is 0 Å². The Morgan fingerprint density at radius 2 is 2.00 bits per heavy atom. The highest BCUT2D eigenvalue weighted by Gasteiger charge is 2.31. The van der Waals surface area contributed by atoms with Crippen molar-refractivity contribution in [2.75, 3.05) is 5.32 Å². The van der Waals surface area contributed by atoms with E-state index in [0.29, 0.717) is 11.0 Å². The number of fused-ring (bicyclic) bond motifs is 1. The predicted molar refractivity (Wildman–Crippen MR) is 95.4 cm³/mol. The number of nitrogens with zero attached hydrogens (tertiary/aromatic N) is 1. The van der Waals surface area contributed by atoms with Gasteiger partial charge < -0.3 is 10.6 Å². The summed E-state index contributed by atoms with van der Waals surface area (Å²) >= 11 is 1.52. The fraction of sp³-hybridized carbons (Fsp3) is 0.647. The van der Waals surface area contributed by atoms with Crippen molar-refractivity contribution in [2.24, 2.45) is 11.3 Å². The van der Waals surface area contributed by atoms with Crippen LogP contribution in [0.1, 0.15) is 50.6 Å². The molecule has 1 aromatic rings. The maximum Gasteiger partial charge on any atom is 0.322 e. The van der Waals surface area contributed by atoms with E-state index in [2.05, 4.69) is 41.7 Å². The number of thiazole rings is 1. The Morgan fingerprint density at radius 3 is 2.72 bits per heavy atom. The number of anilines is 1. The number of carbonyl (C=O) groups is 3. The van der Waals surface area contributed by atoms with Crippen molar-refractivity contribution in [2.45, 2.75) is 58.9 Å². The van der Waals surface area contributed by atoms with E-state index in [-0.39, 0.29) is 30.1 Å². The fourth-order valence-corrected chi connectivity index (χ4v) is 4.38. The minimum absolute atomic E-state index is 0.137. The Morgan fingerprint density at radius 1 is 1.24 bits per heavy atom. The molecule has 136 valence electrons. The molecule has 8 heteroatoms. The quantitative estimate of drug-likeness (QED) is 0.749. The molecular formula is C17H24N4O3S. The number of aromatic nitrogens is 1. The second-order valence-corrected chi connectivity index (χ2v) is 8.88. The van der Waals surface area contributed by atoms with E-state index in [9.17, 15) is 14.4 Å². The molecule has 2 atom stereocenters. The summed E-state index contributed by atoms with van der Waals surface area (Å²) in [5.41, 5.74) is 1.33. The third-order valence-corrected chi connectivity index (χ3v) is 5.96. The number of imide groups is 1. The minimum Gasteiger partial charge on any atom is -0.326 e. The molecule has 4 amide bonds. The van der Waals surface area contributed by atoms with Crippen LogP contribution in [-0.2, 0) is 22.4 Å². The Kier molecular flexibility index (Phi) is 4.81. The van der Waals surface area contributed by atoms with Crippen LogP contribution in [0.3, 0.4) is 0 Å². The lowest BCUT2D eigenvalue weighted by Gasteiger charge is -2.33. The molecule has 2 unspecified atom stereocenters. The molecule has 3 N–H and O–H groups in total. The molecule has 0 bridgehead atoms. The summed E-state index contributed by atoms with van der Waals surface area (Å²) in [5, 5.41) is 8.05. The summed E-state index contributed by atoms with van der Waals surface area (Å²) in [7, 11) is 0. The molecular weight excluding hydrogens is 340 g/mol. The highest BCUT2D eigenvalue weighted by Crippen LogP contribution is 2.40. The molecule has 2 heterocycles. The van der Waals surface area contributed by atoms with Gasteiger partial charge in [-0.25, -0.2) is 9.78 Å². The topological polar surface area (TPSA) is 100 Å². The zero-order chi connectivity index (χ0) is 18.2. The van der Waals surface area contributed by atoms with Gasteiger partial charge in [-0.1, -0.05) is 20.8 Å². The van der Waals surface area contributed by atoms with Crippen molar-refractivity contribution < 1.29 is 14.4 Å². The van der Waals surface area contributed by atoms with E-state index in [4.69, 9.17) is 0 Å². The van der Waals surface area contributed by atoms with Crippen molar-refractivity contribution in [3.05, 3.63) is 10.6 Å². The maximum atomic E-state index is 12.4. The molecule has 1 aromatic heterocycles. The largest absolute Gasteiger partial charge is 0.326 e. The SMILES string of the molecule is CC(C)(C)C1CCc2nc(NC(=O)C3CCC(=O)NC(=O)N3)sc2C1. The zero-order valence-corrected chi connectivity index (χ0v) is 15.6. The zero-order valence-electron chi connectivity index (χ0n) is 14.8. The summed E-state index contributed by atoms with van der Waals surface area (Å²) in [5.74, 6) is -0.0868. The lowest BCUT2D eigenvalue weighted by Crippen LogP contribution is -2.45. The molecule has 0 aromatic carbocycles. The number of urea groups is 1. The van der Waals surface area contributed by atoms with E-state index in [1.165, 1.54) is 16.2 Å². The molecule has 25 heavy (non-hydrogen) atoms. The van der Waals surface area contributed by atoms with Gasteiger partial charge in [0.15, 0.2) is 5.13 Å². The van der Waals surface area contributed by atoms with Crippen LogP contribution < -0.4 is 16.0 Å². The minimum atomic E-state index is -0.727. The molecule has 1 aliphatic carbocycles. The van der Waals surface area contributed by atoms with Gasteiger partial charge in [0, 0.05) is 11.3 Å². The van der Waals surface area contributed by atoms with Crippen LogP contribution in [-0.4, -0.2) is 28.9 Å². The molecule has 0 radical (unpaired) electrons. The molecule has 7 nitrogen and oxygen atoms in total. The number of amides is 4. The average Bonchev–Trinajstić information content (AvgIpc) is 2.82. The van der Waals surface area contributed by atoms with Gasteiger partial charge in [0.25, 0.3) is 0 Å². The molecule has 0 saturated carbocycles. The number of hydrogen-bond donors (Lipinski definition) is 3. The van der Waals surface area contributed by atoms with Gasteiger partial charge in [-0.15, -0.1) is 11.3 Å². The normalized spacial score (nSPS) is 24.0. The van der Waals surface area contributed by atoms with Crippen molar-refractivity contribution >= 4 is 34.3 Å². The Balaban J connectivity index is 1.66. The van der Waals surface area contributed by atoms with E-state index < -0.39 is 12.1 Å². The van der Waals surface area contributed by atoms with E-state index in [1.54, 1.807) is 0 Å². The molecule has 3 rings (SSSR count). The van der Waals surface area contributed by atoms with Gasteiger partial charge >= 0.3 is 6.03 Å². The molecule has 0 spiro atoms. The maximum absolute atomic E-state index is 12.4. The summed E-state index contributed by atoms with van der Waals surface area (Å²) < 4.78 is 0. The number of hydrogen-bond acceptors (Lipinski definition) is 5. The Bertz CT molecular complexity index is 707. The lowest BCUT2D eigenvalue weighted by molar-refractivity contribution is -0.120. The first-order valence-electron chi connectivity index (χ1n) is 8.62. The van der Waals surface area contributed by atoms with Gasteiger partial charge in [-0.2, -0.15) is 0 Å². The van der Waals surface area contributed by atoms with Crippen LogP contribution in [0, 0.1) is 11.3 Å². The lowest BCUT2D eigenvalue weighted by atomic mass is 9.73. The van der Waals surface area contributed by atoms with Crippen molar-refractivity contribution in [1.82, 2.24) is 15.6 Å². The van der Waals surface area contributed by atoms with Gasteiger partial charge in [-0.3, -0.25) is 14.9 Å². The van der Waals surface area contributed by atoms with Gasteiger partial charge in [0.2, 0.25) is 11.8 Å². The highest BCUT2D eigenvalue weighted by atomic mass is 32.1. The summed E-state index contributed by atoms with van der Waals surface area (Å²) in [6.07, 6.45) is 3.45. The number of carbonyl (C=O) groups excluding carboxylic acids is 3. The number of rotatable bonds is 2. The first kappa shape index (κ1) is 17.8. The monoisotopic (exact) mass is 364 g/mol. The standard InChI is InChI=1S/C17H24N4O3S/c1-17(2,3)9-4-5-10-12(8-9)25-16(19-10)21-14(23)11-6-7-13(22)20-15(24)18-11/h9,11H,4-8H2,1-3H3,(H,19,21,23)(H2,18,20,22,24). The van der Waals surface area contributed by atoms with E-state index in [1.807, 2.05) is 0 Å². The van der Waals surface area contributed by atoms with Crippen LogP contribution >= 0.6 is 11.3 Å². The molecule has 1 aliphatic heterocycles. The highest BCUT2D eigenvalue weighted by molar-refractivity contribution is 7.15. The van der Waals surface area contributed by atoms with Crippen LogP contribution in [0.25, 0.3) is 0 Å². The third kappa shape index (κ3) is 4.18. The number of aryl methyl sites for hydroxylation is 1. The third-order valence-electron chi connectivity index (χ3n) is 4.93. The first-order chi connectivity index (χ1) is 11.7.